The zero-order valence-electron chi connectivity index (χ0n) is 15.1. The standard InChI is InChI=1S/C19H22FNO6S/c1-26-12-3-2-10(13(20)7-12)6-11-4-5-21-8-14(11)27-19-18(25)17(24)16(23)15(9-22)28-19/h2-5,7-8,15-19,22-25H,6,9H2,1H3. The maximum atomic E-state index is 14.3. The van der Waals surface area contributed by atoms with Crippen LogP contribution in [0.4, 0.5) is 4.39 Å². The topological polar surface area (TPSA) is 112 Å². The molecule has 2 heterocycles. The molecule has 152 valence electrons. The van der Waals surface area contributed by atoms with Gasteiger partial charge in [-0.15, -0.1) is 11.8 Å². The Morgan fingerprint density at radius 2 is 1.89 bits per heavy atom. The molecule has 1 aliphatic heterocycles. The van der Waals surface area contributed by atoms with Crippen LogP contribution in [0.2, 0.25) is 0 Å². The van der Waals surface area contributed by atoms with Gasteiger partial charge in [-0.2, -0.15) is 0 Å². The lowest BCUT2D eigenvalue weighted by atomic mass is 10.0. The molecule has 3 rings (SSSR count). The first kappa shape index (κ1) is 20.8. The van der Waals surface area contributed by atoms with Crippen LogP contribution in [0.15, 0.2) is 36.7 Å². The lowest BCUT2D eigenvalue weighted by Gasteiger charge is -2.39. The van der Waals surface area contributed by atoms with Gasteiger partial charge in [0, 0.05) is 24.2 Å². The number of methoxy groups -OCH3 is 1. The number of halogens is 1. The van der Waals surface area contributed by atoms with Gasteiger partial charge in [0.05, 0.1) is 31.3 Å². The molecule has 1 aliphatic rings. The van der Waals surface area contributed by atoms with Gasteiger partial charge in [0.2, 0.25) is 0 Å². The number of rotatable bonds is 6. The molecule has 28 heavy (non-hydrogen) atoms. The lowest BCUT2D eigenvalue weighted by molar-refractivity contribution is -0.0910. The molecule has 5 unspecified atom stereocenters. The lowest BCUT2D eigenvalue weighted by Crippen LogP contribution is -2.55. The van der Waals surface area contributed by atoms with E-state index in [1.54, 1.807) is 24.4 Å². The molecular weight excluding hydrogens is 389 g/mol. The summed E-state index contributed by atoms with van der Waals surface area (Å²) in [6.45, 7) is -0.383. The summed E-state index contributed by atoms with van der Waals surface area (Å²) in [6, 6.07) is 6.24. The third-order valence-electron chi connectivity index (χ3n) is 4.60. The molecule has 7 nitrogen and oxygen atoms in total. The minimum absolute atomic E-state index is 0.218. The molecule has 0 spiro atoms. The molecule has 0 amide bonds. The SMILES string of the molecule is COc1ccc(Cc2ccncc2OC2SC(CO)C(O)C(O)C2O)c(F)c1. The molecule has 1 saturated heterocycles. The highest BCUT2D eigenvalue weighted by Crippen LogP contribution is 2.35. The summed E-state index contributed by atoms with van der Waals surface area (Å²) in [4.78, 5) is 4.01. The number of aliphatic hydroxyl groups is 4. The van der Waals surface area contributed by atoms with E-state index in [-0.39, 0.29) is 13.0 Å². The summed E-state index contributed by atoms with van der Waals surface area (Å²) in [6.07, 6.45) is -0.892. The van der Waals surface area contributed by atoms with E-state index >= 15 is 0 Å². The van der Waals surface area contributed by atoms with Crippen LogP contribution in [0.25, 0.3) is 0 Å². The summed E-state index contributed by atoms with van der Waals surface area (Å²) in [5, 5.41) is 38.8. The number of aromatic nitrogens is 1. The first-order chi connectivity index (χ1) is 13.4. The average Bonchev–Trinajstić information content (AvgIpc) is 2.71. The molecule has 1 aromatic carbocycles. The Hall–Kier alpha value is -1.91. The number of ether oxygens (including phenoxy) is 2. The van der Waals surface area contributed by atoms with E-state index in [0.717, 1.165) is 11.8 Å². The van der Waals surface area contributed by atoms with Crippen LogP contribution in [0.5, 0.6) is 11.5 Å². The Bertz CT molecular complexity index is 808. The zero-order chi connectivity index (χ0) is 20.3. The van der Waals surface area contributed by atoms with Gasteiger partial charge in [-0.25, -0.2) is 4.39 Å². The van der Waals surface area contributed by atoms with Crippen molar-refractivity contribution in [1.82, 2.24) is 4.98 Å². The van der Waals surface area contributed by atoms with Crippen molar-refractivity contribution in [2.75, 3.05) is 13.7 Å². The van der Waals surface area contributed by atoms with Crippen LogP contribution in [0.3, 0.4) is 0 Å². The van der Waals surface area contributed by atoms with Crippen molar-refractivity contribution < 1.29 is 34.3 Å². The number of thioether (sulfide) groups is 1. The fraction of sp³-hybridized carbons (Fsp3) is 0.421. The Labute approximate surface area is 165 Å². The Morgan fingerprint density at radius 3 is 2.57 bits per heavy atom. The van der Waals surface area contributed by atoms with Gasteiger partial charge < -0.3 is 29.9 Å². The summed E-state index contributed by atoms with van der Waals surface area (Å²) < 4.78 is 25.1. The summed E-state index contributed by atoms with van der Waals surface area (Å²) in [7, 11) is 1.46. The van der Waals surface area contributed by atoms with Crippen LogP contribution < -0.4 is 9.47 Å². The quantitative estimate of drug-likeness (QED) is 0.550. The normalized spacial score (nSPS) is 27.4. The molecular formula is C19H22FNO6S. The van der Waals surface area contributed by atoms with Gasteiger partial charge >= 0.3 is 0 Å². The van der Waals surface area contributed by atoms with E-state index in [0.29, 0.717) is 22.6 Å². The smallest absolute Gasteiger partial charge is 0.173 e. The first-order valence-electron chi connectivity index (χ1n) is 8.67. The molecule has 1 fully saturated rings. The number of pyridine rings is 1. The Morgan fingerprint density at radius 1 is 1.11 bits per heavy atom. The molecule has 1 aromatic heterocycles. The van der Waals surface area contributed by atoms with Gasteiger partial charge in [-0.3, -0.25) is 4.98 Å². The minimum atomic E-state index is -1.46. The van der Waals surface area contributed by atoms with Crippen molar-refractivity contribution in [3.8, 4) is 11.5 Å². The van der Waals surface area contributed by atoms with Crippen molar-refractivity contribution in [1.29, 1.82) is 0 Å². The largest absolute Gasteiger partial charge is 0.497 e. The van der Waals surface area contributed by atoms with Gasteiger partial charge in [0.15, 0.2) is 5.44 Å². The van der Waals surface area contributed by atoms with Crippen LogP contribution in [-0.2, 0) is 6.42 Å². The summed E-state index contributed by atoms with van der Waals surface area (Å²) in [5.74, 6) is 0.305. The third-order valence-corrected chi connectivity index (χ3v) is 6.02. The van der Waals surface area contributed by atoms with Crippen LogP contribution in [0.1, 0.15) is 11.1 Å². The van der Waals surface area contributed by atoms with Crippen LogP contribution >= 0.6 is 11.8 Å². The van der Waals surface area contributed by atoms with Crippen molar-refractivity contribution in [2.45, 2.75) is 35.4 Å². The second-order valence-corrected chi connectivity index (χ2v) is 7.77. The molecule has 0 aliphatic carbocycles. The van der Waals surface area contributed by atoms with Gasteiger partial charge in [0.25, 0.3) is 0 Å². The summed E-state index contributed by atoms with van der Waals surface area (Å²) in [5.41, 5.74) is 0.129. The molecule has 0 saturated carbocycles. The van der Waals surface area contributed by atoms with Gasteiger partial charge in [-0.1, -0.05) is 6.07 Å². The molecule has 0 bridgehead atoms. The van der Waals surface area contributed by atoms with Crippen LogP contribution in [-0.4, -0.2) is 68.1 Å². The highest BCUT2D eigenvalue weighted by atomic mass is 32.2. The second-order valence-electron chi connectivity index (χ2n) is 6.43. The maximum absolute atomic E-state index is 14.3. The van der Waals surface area contributed by atoms with E-state index in [1.165, 1.54) is 19.4 Å². The van der Waals surface area contributed by atoms with E-state index in [4.69, 9.17) is 9.47 Å². The number of nitrogens with zero attached hydrogens (tertiary/aromatic N) is 1. The molecule has 2 aromatic rings. The average molecular weight is 411 g/mol. The van der Waals surface area contributed by atoms with E-state index in [1.807, 2.05) is 0 Å². The summed E-state index contributed by atoms with van der Waals surface area (Å²) >= 11 is 1.02. The van der Waals surface area contributed by atoms with Gasteiger partial charge in [-0.05, 0) is 17.7 Å². The highest BCUT2D eigenvalue weighted by molar-refractivity contribution is 8.00. The molecule has 0 radical (unpaired) electrons. The fourth-order valence-electron chi connectivity index (χ4n) is 2.95. The van der Waals surface area contributed by atoms with Crippen molar-refractivity contribution in [3.63, 3.8) is 0 Å². The monoisotopic (exact) mass is 411 g/mol. The number of aliphatic hydroxyl groups excluding tert-OH is 4. The van der Waals surface area contributed by atoms with Crippen molar-refractivity contribution >= 4 is 11.8 Å². The number of hydrogen-bond donors (Lipinski definition) is 4. The van der Waals surface area contributed by atoms with E-state index in [2.05, 4.69) is 4.98 Å². The number of benzene rings is 1. The Kier molecular flexibility index (Phi) is 6.73. The minimum Gasteiger partial charge on any atom is -0.497 e. The predicted octanol–water partition coefficient (Wildman–Crippen LogP) is 0.715. The number of hydrogen-bond acceptors (Lipinski definition) is 8. The Balaban J connectivity index is 1.81. The second kappa shape index (κ2) is 9.06. The van der Waals surface area contributed by atoms with Gasteiger partial charge in [0.1, 0.15) is 29.5 Å². The fourth-order valence-corrected chi connectivity index (χ4v) is 4.19. The molecule has 4 N–H and O–H groups in total. The van der Waals surface area contributed by atoms with Crippen LogP contribution in [0, 0.1) is 5.82 Å². The maximum Gasteiger partial charge on any atom is 0.173 e. The molecule has 5 atom stereocenters. The van der Waals surface area contributed by atoms with E-state index < -0.39 is 34.8 Å². The van der Waals surface area contributed by atoms with Crippen molar-refractivity contribution in [3.05, 3.63) is 53.6 Å². The molecule has 9 heteroatoms. The predicted molar refractivity (Wildman–Crippen MR) is 101 cm³/mol. The van der Waals surface area contributed by atoms with Crippen molar-refractivity contribution in [2.24, 2.45) is 0 Å². The first-order valence-corrected chi connectivity index (χ1v) is 9.61. The zero-order valence-corrected chi connectivity index (χ0v) is 15.9. The van der Waals surface area contributed by atoms with E-state index in [9.17, 15) is 24.8 Å². The third kappa shape index (κ3) is 4.39. The highest BCUT2D eigenvalue weighted by Gasteiger charge is 2.44.